The summed E-state index contributed by atoms with van der Waals surface area (Å²) in [5.41, 5.74) is 0.887. The van der Waals surface area contributed by atoms with E-state index in [1.165, 1.54) is 0 Å². The van der Waals surface area contributed by atoms with Crippen molar-refractivity contribution in [1.29, 1.82) is 0 Å². The summed E-state index contributed by atoms with van der Waals surface area (Å²) in [6.07, 6.45) is 2.04. The molecule has 4 nitrogen and oxygen atoms in total. The summed E-state index contributed by atoms with van der Waals surface area (Å²) in [5, 5.41) is 3.31. The number of benzene rings is 1. The first-order chi connectivity index (χ1) is 9.16. The van der Waals surface area contributed by atoms with Crippen molar-refractivity contribution in [2.45, 2.75) is 25.4 Å². The van der Waals surface area contributed by atoms with E-state index in [9.17, 15) is 9.59 Å². The van der Waals surface area contributed by atoms with Gasteiger partial charge in [0.1, 0.15) is 6.04 Å². The molecule has 1 heterocycles. The molecule has 1 N–H and O–H groups in total. The summed E-state index contributed by atoms with van der Waals surface area (Å²) in [7, 11) is 0. The number of hydrogen-bond acceptors (Lipinski definition) is 2. The third-order valence-corrected chi connectivity index (χ3v) is 4.07. The summed E-state index contributed by atoms with van der Waals surface area (Å²) >= 11 is 6.13. The summed E-state index contributed by atoms with van der Waals surface area (Å²) in [6.45, 7) is 0.500. The third-order valence-electron chi connectivity index (χ3n) is 3.71. The molecule has 1 aromatic carbocycles. The van der Waals surface area contributed by atoms with E-state index >= 15 is 0 Å². The topological polar surface area (TPSA) is 49.4 Å². The SMILES string of the molecule is O=C1NCC(=O)N(Cc2ccccc2Cl)C1C1CC1. The van der Waals surface area contributed by atoms with Crippen LogP contribution < -0.4 is 5.32 Å². The Morgan fingerprint density at radius 2 is 2.00 bits per heavy atom. The van der Waals surface area contributed by atoms with E-state index in [4.69, 9.17) is 11.6 Å². The monoisotopic (exact) mass is 278 g/mol. The summed E-state index contributed by atoms with van der Waals surface area (Å²) < 4.78 is 0. The Balaban J connectivity index is 1.85. The van der Waals surface area contributed by atoms with Crippen molar-refractivity contribution in [3.05, 3.63) is 34.9 Å². The highest BCUT2D eigenvalue weighted by Crippen LogP contribution is 2.37. The van der Waals surface area contributed by atoms with Crippen molar-refractivity contribution >= 4 is 23.4 Å². The fourth-order valence-electron chi connectivity index (χ4n) is 2.54. The molecule has 1 saturated carbocycles. The zero-order valence-corrected chi connectivity index (χ0v) is 11.2. The van der Waals surface area contributed by atoms with Gasteiger partial charge < -0.3 is 10.2 Å². The average Bonchev–Trinajstić information content (AvgIpc) is 3.21. The van der Waals surface area contributed by atoms with E-state index in [0.29, 0.717) is 17.5 Å². The van der Waals surface area contributed by atoms with Gasteiger partial charge in [-0.1, -0.05) is 29.8 Å². The molecule has 2 aliphatic rings. The molecule has 0 aromatic heterocycles. The average molecular weight is 279 g/mol. The number of halogens is 1. The number of nitrogens with zero attached hydrogens (tertiary/aromatic N) is 1. The second kappa shape index (κ2) is 4.85. The predicted molar refractivity (Wildman–Crippen MR) is 71.5 cm³/mol. The van der Waals surface area contributed by atoms with Crippen molar-refractivity contribution in [3.8, 4) is 0 Å². The Morgan fingerprint density at radius 1 is 1.26 bits per heavy atom. The van der Waals surface area contributed by atoms with Crippen LogP contribution in [0.2, 0.25) is 5.02 Å². The standard InChI is InChI=1S/C14H15ClN2O2/c15-11-4-2-1-3-10(11)8-17-12(18)7-16-14(19)13(17)9-5-6-9/h1-4,9,13H,5-8H2,(H,16,19). The highest BCUT2D eigenvalue weighted by Gasteiger charge is 2.44. The van der Waals surface area contributed by atoms with Crippen LogP contribution >= 0.6 is 11.6 Å². The van der Waals surface area contributed by atoms with E-state index in [1.807, 2.05) is 18.2 Å². The van der Waals surface area contributed by atoms with Gasteiger partial charge in [0.05, 0.1) is 6.54 Å². The Bertz CT molecular complexity index is 528. The number of carbonyl (C=O) groups is 2. The van der Waals surface area contributed by atoms with Crippen LogP contribution in [-0.2, 0) is 16.1 Å². The van der Waals surface area contributed by atoms with E-state index < -0.39 is 0 Å². The van der Waals surface area contributed by atoms with Gasteiger partial charge >= 0.3 is 0 Å². The third kappa shape index (κ3) is 2.45. The molecule has 1 atom stereocenters. The maximum Gasteiger partial charge on any atom is 0.243 e. The van der Waals surface area contributed by atoms with Gasteiger partial charge in [0, 0.05) is 11.6 Å². The number of hydrogen-bond donors (Lipinski definition) is 1. The molecule has 0 radical (unpaired) electrons. The minimum Gasteiger partial charge on any atom is -0.345 e. The van der Waals surface area contributed by atoms with E-state index in [-0.39, 0.29) is 24.4 Å². The van der Waals surface area contributed by atoms with Crippen molar-refractivity contribution < 1.29 is 9.59 Å². The summed E-state index contributed by atoms with van der Waals surface area (Å²) in [6, 6.07) is 7.12. The van der Waals surface area contributed by atoms with Gasteiger partial charge in [-0.2, -0.15) is 0 Å². The van der Waals surface area contributed by atoms with Gasteiger partial charge in [0.2, 0.25) is 11.8 Å². The maximum atomic E-state index is 12.1. The van der Waals surface area contributed by atoms with Crippen molar-refractivity contribution in [2.75, 3.05) is 6.54 Å². The normalized spacial score (nSPS) is 23.4. The molecule has 1 aromatic rings. The predicted octanol–water partition coefficient (Wildman–Crippen LogP) is 1.58. The molecule has 5 heteroatoms. The number of piperazine rings is 1. The van der Waals surface area contributed by atoms with Crippen LogP contribution in [-0.4, -0.2) is 29.3 Å². The zero-order valence-electron chi connectivity index (χ0n) is 10.4. The van der Waals surface area contributed by atoms with Crippen LogP contribution in [0.3, 0.4) is 0 Å². The van der Waals surface area contributed by atoms with Gasteiger partial charge in [0.25, 0.3) is 0 Å². The van der Waals surface area contributed by atoms with Gasteiger partial charge in [-0.3, -0.25) is 9.59 Å². The second-order valence-electron chi connectivity index (χ2n) is 5.11. The van der Waals surface area contributed by atoms with Crippen LogP contribution in [0.15, 0.2) is 24.3 Å². The number of nitrogens with one attached hydrogen (secondary N) is 1. The maximum absolute atomic E-state index is 12.1. The summed E-state index contributed by atoms with van der Waals surface area (Å²) in [4.78, 5) is 25.7. The molecule has 1 unspecified atom stereocenters. The lowest BCUT2D eigenvalue weighted by Crippen LogP contribution is -2.58. The molecule has 3 rings (SSSR count). The van der Waals surface area contributed by atoms with Crippen LogP contribution in [0.5, 0.6) is 0 Å². The van der Waals surface area contributed by atoms with Gasteiger partial charge in [-0.25, -0.2) is 0 Å². The zero-order chi connectivity index (χ0) is 13.4. The smallest absolute Gasteiger partial charge is 0.243 e. The number of rotatable bonds is 3. The first kappa shape index (κ1) is 12.5. The largest absolute Gasteiger partial charge is 0.345 e. The Labute approximate surface area is 116 Å². The fraction of sp³-hybridized carbons (Fsp3) is 0.429. The fourth-order valence-corrected chi connectivity index (χ4v) is 2.74. The van der Waals surface area contributed by atoms with Crippen molar-refractivity contribution in [1.82, 2.24) is 10.2 Å². The first-order valence-electron chi connectivity index (χ1n) is 6.47. The molecule has 1 saturated heterocycles. The highest BCUT2D eigenvalue weighted by atomic mass is 35.5. The van der Waals surface area contributed by atoms with E-state index in [1.54, 1.807) is 11.0 Å². The van der Waals surface area contributed by atoms with Crippen LogP contribution in [0.4, 0.5) is 0 Å². The van der Waals surface area contributed by atoms with Crippen molar-refractivity contribution in [3.63, 3.8) is 0 Å². The summed E-state index contributed by atoms with van der Waals surface area (Å²) in [5.74, 6) is 0.248. The van der Waals surface area contributed by atoms with Crippen LogP contribution in [0, 0.1) is 5.92 Å². The van der Waals surface area contributed by atoms with Gasteiger partial charge in [-0.05, 0) is 30.4 Å². The molecule has 1 aliphatic carbocycles. The van der Waals surface area contributed by atoms with Crippen LogP contribution in [0.1, 0.15) is 18.4 Å². The molecular weight excluding hydrogens is 264 g/mol. The lowest BCUT2D eigenvalue weighted by molar-refractivity contribution is -0.147. The molecule has 0 bridgehead atoms. The van der Waals surface area contributed by atoms with Gasteiger partial charge in [0.15, 0.2) is 0 Å². The molecule has 100 valence electrons. The minimum atomic E-state index is -0.322. The molecule has 1 aliphatic heterocycles. The number of carbonyl (C=O) groups excluding carboxylic acids is 2. The molecule has 2 amide bonds. The minimum absolute atomic E-state index is 0.0311. The Hall–Kier alpha value is -1.55. The molecule has 2 fully saturated rings. The highest BCUT2D eigenvalue weighted by molar-refractivity contribution is 6.31. The van der Waals surface area contributed by atoms with E-state index in [2.05, 4.69) is 5.32 Å². The Kier molecular flexibility index (Phi) is 3.19. The quantitative estimate of drug-likeness (QED) is 0.913. The first-order valence-corrected chi connectivity index (χ1v) is 6.85. The molecule has 0 spiro atoms. The lowest BCUT2D eigenvalue weighted by atomic mass is 10.1. The van der Waals surface area contributed by atoms with Crippen LogP contribution in [0.25, 0.3) is 0 Å². The number of amides is 2. The molecular formula is C14H15ClN2O2. The Morgan fingerprint density at radius 3 is 2.68 bits per heavy atom. The van der Waals surface area contributed by atoms with Gasteiger partial charge in [-0.15, -0.1) is 0 Å². The second-order valence-corrected chi connectivity index (χ2v) is 5.52. The lowest BCUT2D eigenvalue weighted by Gasteiger charge is -2.35. The van der Waals surface area contributed by atoms with E-state index in [0.717, 1.165) is 18.4 Å². The molecule has 19 heavy (non-hydrogen) atoms. The van der Waals surface area contributed by atoms with Crippen molar-refractivity contribution in [2.24, 2.45) is 5.92 Å².